The molecule has 1 unspecified atom stereocenters. The van der Waals surface area contributed by atoms with Gasteiger partial charge in [-0.1, -0.05) is 26.0 Å². The molecule has 0 spiro atoms. The first-order valence-electron chi connectivity index (χ1n) is 10.8. The summed E-state index contributed by atoms with van der Waals surface area (Å²) in [7, 11) is 1.75. The number of rotatable bonds is 8. The summed E-state index contributed by atoms with van der Waals surface area (Å²) in [6.45, 7) is 9.55. The van der Waals surface area contributed by atoms with Gasteiger partial charge in [-0.25, -0.2) is 0 Å². The molecular weight excluding hydrogens is 394 g/mol. The van der Waals surface area contributed by atoms with Gasteiger partial charge in [-0.15, -0.1) is 0 Å². The number of benzene rings is 1. The van der Waals surface area contributed by atoms with E-state index in [1.807, 2.05) is 24.3 Å². The van der Waals surface area contributed by atoms with Crippen molar-refractivity contribution in [2.45, 2.75) is 26.5 Å². The largest absolute Gasteiger partial charge is 0.459 e. The Hall–Kier alpha value is -2.84. The Morgan fingerprint density at radius 3 is 2.87 bits per heavy atom. The number of morpholine rings is 1. The van der Waals surface area contributed by atoms with Crippen molar-refractivity contribution in [2.24, 2.45) is 10.9 Å². The number of guanidine groups is 1. The summed E-state index contributed by atoms with van der Waals surface area (Å²) in [6, 6.07) is 11.0. The third-order valence-corrected chi connectivity index (χ3v) is 4.96. The number of carbonyl (C=O) groups is 1. The molecule has 1 atom stereocenters. The fraction of sp³-hybridized carbons (Fsp3) is 0.478. The van der Waals surface area contributed by atoms with Crippen LogP contribution < -0.4 is 16.0 Å². The van der Waals surface area contributed by atoms with Gasteiger partial charge in [0.05, 0.1) is 19.0 Å². The first-order chi connectivity index (χ1) is 15.0. The zero-order valence-electron chi connectivity index (χ0n) is 18.6. The summed E-state index contributed by atoms with van der Waals surface area (Å²) in [5.41, 5.74) is 1.74. The number of ether oxygens (including phenoxy) is 1. The van der Waals surface area contributed by atoms with E-state index < -0.39 is 0 Å². The maximum absolute atomic E-state index is 12.2. The molecule has 2 heterocycles. The van der Waals surface area contributed by atoms with Crippen LogP contribution in [0.3, 0.4) is 0 Å². The highest BCUT2D eigenvalue weighted by Crippen LogP contribution is 2.13. The number of furan rings is 1. The van der Waals surface area contributed by atoms with Crippen molar-refractivity contribution in [3.05, 3.63) is 54.0 Å². The van der Waals surface area contributed by atoms with Gasteiger partial charge in [-0.2, -0.15) is 0 Å². The molecule has 1 amide bonds. The van der Waals surface area contributed by atoms with Crippen LogP contribution in [0.25, 0.3) is 0 Å². The third-order valence-electron chi connectivity index (χ3n) is 4.96. The zero-order valence-corrected chi connectivity index (χ0v) is 18.6. The van der Waals surface area contributed by atoms with Crippen LogP contribution in [-0.2, 0) is 11.3 Å². The molecule has 3 N–H and O–H groups in total. The van der Waals surface area contributed by atoms with E-state index in [4.69, 9.17) is 9.15 Å². The molecule has 1 aliphatic heterocycles. The van der Waals surface area contributed by atoms with Crippen molar-refractivity contribution in [1.29, 1.82) is 0 Å². The normalized spacial score (nSPS) is 17.5. The van der Waals surface area contributed by atoms with Crippen LogP contribution >= 0.6 is 0 Å². The maximum Gasteiger partial charge on any atom is 0.291 e. The standard InChI is InChI=1S/C23H33N5O3/c1-17(2)15-28-9-11-30-20(16-28)14-26-23(24-3)25-13-18-6-4-7-19(12-18)27-22(29)21-8-5-10-31-21/h4-8,10,12,17,20H,9,11,13-16H2,1-3H3,(H,27,29)(H2,24,25,26). The first-order valence-corrected chi connectivity index (χ1v) is 10.8. The van der Waals surface area contributed by atoms with Gasteiger partial charge >= 0.3 is 0 Å². The second kappa shape index (κ2) is 11.5. The molecule has 1 aromatic carbocycles. The minimum atomic E-state index is -0.272. The number of amides is 1. The van der Waals surface area contributed by atoms with Crippen molar-refractivity contribution in [1.82, 2.24) is 15.5 Å². The molecule has 0 bridgehead atoms. The molecule has 1 aromatic heterocycles. The van der Waals surface area contributed by atoms with E-state index in [0.717, 1.165) is 37.8 Å². The quantitative estimate of drug-likeness (QED) is 0.443. The predicted octanol–water partition coefficient (Wildman–Crippen LogP) is 2.55. The van der Waals surface area contributed by atoms with Crippen molar-refractivity contribution in [2.75, 3.05) is 45.2 Å². The Bertz CT molecular complexity index is 851. The average Bonchev–Trinajstić information content (AvgIpc) is 3.29. The minimum Gasteiger partial charge on any atom is -0.459 e. The Balaban J connectivity index is 1.45. The summed E-state index contributed by atoms with van der Waals surface area (Å²) in [5.74, 6) is 1.38. The van der Waals surface area contributed by atoms with E-state index in [1.165, 1.54) is 6.26 Å². The SMILES string of the molecule is CN=C(NCc1cccc(NC(=O)c2ccco2)c1)NCC1CN(CC(C)C)CCO1. The molecule has 168 valence electrons. The number of hydrogen-bond donors (Lipinski definition) is 3. The van der Waals surface area contributed by atoms with Gasteiger partial charge in [0, 0.05) is 45.5 Å². The second-order valence-electron chi connectivity index (χ2n) is 8.08. The molecular formula is C23H33N5O3. The molecule has 31 heavy (non-hydrogen) atoms. The van der Waals surface area contributed by atoms with Crippen molar-refractivity contribution < 1.29 is 13.9 Å². The predicted molar refractivity (Wildman–Crippen MR) is 122 cm³/mol. The summed E-state index contributed by atoms with van der Waals surface area (Å²) >= 11 is 0. The van der Waals surface area contributed by atoms with Crippen LogP contribution in [0.2, 0.25) is 0 Å². The molecule has 3 rings (SSSR count). The molecule has 0 aliphatic carbocycles. The average molecular weight is 428 g/mol. The number of hydrogen-bond acceptors (Lipinski definition) is 5. The van der Waals surface area contributed by atoms with E-state index in [9.17, 15) is 4.79 Å². The van der Waals surface area contributed by atoms with E-state index >= 15 is 0 Å². The minimum absolute atomic E-state index is 0.145. The van der Waals surface area contributed by atoms with Crippen LogP contribution in [0.5, 0.6) is 0 Å². The molecule has 8 nitrogen and oxygen atoms in total. The molecule has 1 saturated heterocycles. The third kappa shape index (κ3) is 7.41. The molecule has 2 aromatic rings. The van der Waals surface area contributed by atoms with E-state index in [1.54, 1.807) is 19.2 Å². The number of aliphatic imine (C=N–C) groups is 1. The van der Waals surface area contributed by atoms with Crippen molar-refractivity contribution in [3.8, 4) is 0 Å². The van der Waals surface area contributed by atoms with Crippen molar-refractivity contribution >= 4 is 17.6 Å². The molecule has 0 radical (unpaired) electrons. The van der Waals surface area contributed by atoms with Gasteiger partial charge in [0.25, 0.3) is 5.91 Å². The number of carbonyl (C=O) groups excluding carboxylic acids is 1. The lowest BCUT2D eigenvalue weighted by molar-refractivity contribution is -0.0284. The van der Waals surface area contributed by atoms with E-state index in [-0.39, 0.29) is 17.8 Å². The lowest BCUT2D eigenvalue weighted by Crippen LogP contribution is -2.50. The summed E-state index contributed by atoms with van der Waals surface area (Å²) in [6.07, 6.45) is 1.62. The van der Waals surface area contributed by atoms with Crippen LogP contribution in [-0.4, -0.2) is 62.7 Å². The molecule has 0 saturated carbocycles. The number of nitrogens with zero attached hydrogens (tertiary/aromatic N) is 2. The zero-order chi connectivity index (χ0) is 22.1. The molecule has 1 aliphatic rings. The second-order valence-corrected chi connectivity index (χ2v) is 8.08. The highest BCUT2D eigenvalue weighted by molar-refractivity contribution is 6.02. The topological polar surface area (TPSA) is 91.1 Å². The highest BCUT2D eigenvalue weighted by Gasteiger charge is 2.21. The summed E-state index contributed by atoms with van der Waals surface area (Å²) < 4.78 is 11.0. The van der Waals surface area contributed by atoms with Gasteiger partial charge in [0.2, 0.25) is 0 Å². The van der Waals surface area contributed by atoms with Crippen LogP contribution in [0, 0.1) is 5.92 Å². The lowest BCUT2D eigenvalue weighted by atomic mass is 10.2. The molecule has 8 heteroatoms. The number of nitrogens with one attached hydrogen (secondary N) is 3. The fourth-order valence-corrected chi connectivity index (χ4v) is 3.56. The molecule has 1 fully saturated rings. The van der Waals surface area contributed by atoms with E-state index in [2.05, 4.69) is 39.7 Å². The van der Waals surface area contributed by atoms with Gasteiger partial charge < -0.3 is 25.1 Å². The summed E-state index contributed by atoms with van der Waals surface area (Å²) in [4.78, 5) is 18.9. The Morgan fingerprint density at radius 1 is 1.26 bits per heavy atom. The maximum atomic E-state index is 12.2. The Kier molecular flexibility index (Phi) is 8.49. The van der Waals surface area contributed by atoms with Crippen molar-refractivity contribution in [3.63, 3.8) is 0 Å². The van der Waals surface area contributed by atoms with E-state index in [0.29, 0.717) is 24.7 Å². The van der Waals surface area contributed by atoms with Crippen LogP contribution in [0.4, 0.5) is 5.69 Å². The van der Waals surface area contributed by atoms with Crippen LogP contribution in [0.15, 0.2) is 52.1 Å². The van der Waals surface area contributed by atoms with Gasteiger partial charge in [0.1, 0.15) is 0 Å². The van der Waals surface area contributed by atoms with Gasteiger partial charge in [0.15, 0.2) is 11.7 Å². The van der Waals surface area contributed by atoms with Crippen LogP contribution in [0.1, 0.15) is 30.0 Å². The van der Waals surface area contributed by atoms with Gasteiger partial charge in [-0.05, 0) is 35.7 Å². The number of anilines is 1. The first kappa shape index (κ1) is 22.8. The Labute approximate surface area is 184 Å². The van der Waals surface area contributed by atoms with Gasteiger partial charge in [-0.3, -0.25) is 14.7 Å². The smallest absolute Gasteiger partial charge is 0.291 e. The monoisotopic (exact) mass is 427 g/mol. The Morgan fingerprint density at radius 2 is 2.13 bits per heavy atom. The fourth-order valence-electron chi connectivity index (χ4n) is 3.56. The highest BCUT2D eigenvalue weighted by atomic mass is 16.5. The summed E-state index contributed by atoms with van der Waals surface area (Å²) in [5, 5.41) is 9.51. The lowest BCUT2D eigenvalue weighted by Gasteiger charge is -2.34.